The number of nitrogens with one attached hydrogen (secondary N) is 1. The molecule has 102 valence electrons. The molecule has 1 unspecified atom stereocenters. The summed E-state index contributed by atoms with van der Waals surface area (Å²) in [4.78, 5) is 8.48. The predicted octanol–water partition coefficient (Wildman–Crippen LogP) is 2.34. The maximum absolute atomic E-state index is 5.47. The molecule has 0 aliphatic carbocycles. The molecule has 0 saturated carbocycles. The molecular weight excluding hydrogens is 250 g/mol. The van der Waals surface area contributed by atoms with Crippen LogP contribution >= 0.6 is 0 Å². The maximum Gasteiger partial charge on any atom is 0.285 e. The number of hydrogen-bond acceptors (Lipinski definition) is 4. The van der Waals surface area contributed by atoms with Crippen LogP contribution in [0.4, 0.5) is 0 Å². The summed E-state index contributed by atoms with van der Waals surface area (Å²) in [6.45, 7) is 1.40. The molecule has 4 heteroatoms. The molecule has 0 spiro atoms. The second-order valence-corrected chi connectivity index (χ2v) is 4.71. The van der Waals surface area contributed by atoms with E-state index >= 15 is 0 Å². The Balaban J connectivity index is 1.79. The second kappa shape index (κ2) is 6.19. The number of aliphatic imine (C=N–C) groups is 1. The van der Waals surface area contributed by atoms with E-state index in [1.165, 1.54) is 11.1 Å². The molecule has 20 heavy (non-hydrogen) atoms. The third-order valence-electron chi connectivity index (χ3n) is 3.25. The van der Waals surface area contributed by atoms with Gasteiger partial charge in [0.2, 0.25) is 0 Å². The minimum Gasteiger partial charge on any atom is -0.463 e. The smallest absolute Gasteiger partial charge is 0.285 e. The number of amidine groups is 1. The Labute approximate surface area is 118 Å². The van der Waals surface area contributed by atoms with Gasteiger partial charge in [-0.25, -0.2) is 4.99 Å². The van der Waals surface area contributed by atoms with Gasteiger partial charge < -0.3 is 10.1 Å². The van der Waals surface area contributed by atoms with Gasteiger partial charge in [0.25, 0.3) is 6.02 Å². The van der Waals surface area contributed by atoms with Crippen molar-refractivity contribution >= 4 is 6.02 Å². The molecule has 2 aromatic rings. The summed E-state index contributed by atoms with van der Waals surface area (Å²) in [6, 6.07) is 15.2. The van der Waals surface area contributed by atoms with Gasteiger partial charge in [-0.1, -0.05) is 36.4 Å². The number of nitrogens with zero attached hydrogens (tertiary/aromatic N) is 2. The van der Waals surface area contributed by atoms with Crippen molar-refractivity contribution < 1.29 is 4.74 Å². The van der Waals surface area contributed by atoms with Crippen molar-refractivity contribution in [3.05, 3.63) is 66.0 Å². The van der Waals surface area contributed by atoms with E-state index in [-0.39, 0.29) is 6.04 Å². The highest BCUT2D eigenvalue weighted by Gasteiger charge is 2.16. The SMILES string of the molecule is c1ccc(C(Cc2cccnc2)NC2=NCCO2)cc1. The Morgan fingerprint density at radius 2 is 2.05 bits per heavy atom. The summed E-state index contributed by atoms with van der Waals surface area (Å²) in [7, 11) is 0. The highest BCUT2D eigenvalue weighted by atomic mass is 16.5. The number of hydrogen-bond donors (Lipinski definition) is 1. The normalized spacial score (nSPS) is 15.3. The van der Waals surface area contributed by atoms with Crippen LogP contribution in [-0.4, -0.2) is 24.2 Å². The van der Waals surface area contributed by atoms with Gasteiger partial charge in [0.15, 0.2) is 0 Å². The van der Waals surface area contributed by atoms with E-state index < -0.39 is 0 Å². The molecule has 1 atom stereocenters. The van der Waals surface area contributed by atoms with Crippen molar-refractivity contribution in [3.63, 3.8) is 0 Å². The van der Waals surface area contributed by atoms with Gasteiger partial charge in [-0.3, -0.25) is 4.98 Å². The minimum atomic E-state index is 0.136. The molecule has 2 heterocycles. The zero-order valence-corrected chi connectivity index (χ0v) is 11.2. The first-order chi connectivity index (χ1) is 9.92. The first-order valence-corrected chi connectivity index (χ1v) is 6.79. The van der Waals surface area contributed by atoms with Gasteiger partial charge in [-0.05, 0) is 23.6 Å². The lowest BCUT2D eigenvalue weighted by molar-refractivity contribution is 0.325. The van der Waals surface area contributed by atoms with Crippen LogP contribution in [0, 0.1) is 0 Å². The van der Waals surface area contributed by atoms with Crippen molar-refractivity contribution in [1.29, 1.82) is 0 Å². The minimum absolute atomic E-state index is 0.136. The third-order valence-corrected chi connectivity index (χ3v) is 3.25. The summed E-state index contributed by atoms with van der Waals surface area (Å²) in [5, 5.41) is 3.38. The Bertz CT molecular complexity index is 569. The van der Waals surface area contributed by atoms with Gasteiger partial charge >= 0.3 is 0 Å². The average molecular weight is 267 g/mol. The number of ether oxygens (including phenoxy) is 1. The maximum atomic E-state index is 5.47. The van der Waals surface area contributed by atoms with E-state index in [2.05, 4.69) is 33.5 Å². The van der Waals surface area contributed by atoms with Gasteiger partial charge in [-0.15, -0.1) is 0 Å². The summed E-state index contributed by atoms with van der Waals surface area (Å²) in [5.41, 5.74) is 2.40. The summed E-state index contributed by atoms with van der Waals surface area (Å²) in [6.07, 6.45) is 4.54. The third kappa shape index (κ3) is 3.15. The molecule has 1 aliphatic heterocycles. The Kier molecular flexibility index (Phi) is 3.92. The largest absolute Gasteiger partial charge is 0.463 e. The molecule has 1 aromatic carbocycles. The van der Waals surface area contributed by atoms with E-state index in [0.717, 1.165) is 13.0 Å². The molecule has 0 amide bonds. The summed E-state index contributed by atoms with van der Waals surface area (Å²) in [5.74, 6) is 0. The van der Waals surface area contributed by atoms with E-state index in [9.17, 15) is 0 Å². The molecule has 0 radical (unpaired) electrons. The van der Waals surface area contributed by atoms with Crippen LogP contribution < -0.4 is 5.32 Å². The quantitative estimate of drug-likeness (QED) is 0.925. The van der Waals surface area contributed by atoms with E-state index in [4.69, 9.17) is 4.74 Å². The molecule has 0 bridgehead atoms. The standard InChI is InChI=1S/C16H17N3O/c1-2-6-14(7-3-1)15(19-16-18-9-10-20-16)11-13-5-4-8-17-12-13/h1-8,12,15H,9-11H2,(H,18,19). The molecule has 0 fully saturated rings. The average Bonchev–Trinajstić information content (AvgIpc) is 3.02. The van der Waals surface area contributed by atoms with Crippen molar-refractivity contribution in [1.82, 2.24) is 10.3 Å². The Morgan fingerprint density at radius 3 is 2.75 bits per heavy atom. The van der Waals surface area contributed by atoms with Crippen LogP contribution in [0.5, 0.6) is 0 Å². The molecule has 4 nitrogen and oxygen atoms in total. The van der Waals surface area contributed by atoms with Gasteiger partial charge in [0.1, 0.15) is 6.61 Å². The first kappa shape index (κ1) is 12.7. The monoisotopic (exact) mass is 267 g/mol. The number of rotatable bonds is 4. The van der Waals surface area contributed by atoms with E-state index in [0.29, 0.717) is 12.6 Å². The van der Waals surface area contributed by atoms with Gasteiger partial charge in [-0.2, -0.15) is 0 Å². The number of pyridine rings is 1. The highest BCUT2D eigenvalue weighted by molar-refractivity contribution is 5.75. The fraction of sp³-hybridized carbons (Fsp3) is 0.250. The lowest BCUT2D eigenvalue weighted by atomic mass is 10.00. The topological polar surface area (TPSA) is 46.5 Å². The second-order valence-electron chi connectivity index (χ2n) is 4.71. The summed E-state index contributed by atoms with van der Waals surface area (Å²) < 4.78 is 5.47. The van der Waals surface area contributed by atoms with Crippen molar-refractivity contribution in [2.45, 2.75) is 12.5 Å². The van der Waals surface area contributed by atoms with E-state index in [1.54, 1.807) is 6.20 Å². The molecule has 1 aliphatic rings. The zero-order valence-electron chi connectivity index (χ0n) is 11.2. The van der Waals surface area contributed by atoms with Crippen LogP contribution in [0.1, 0.15) is 17.2 Å². The van der Waals surface area contributed by atoms with Gasteiger partial charge in [0.05, 0.1) is 12.6 Å². The summed E-state index contributed by atoms with van der Waals surface area (Å²) >= 11 is 0. The first-order valence-electron chi connectivity index (χ1n) is 6.79. The fourth-order valence-corrected chi connectivity index (χ4v) is 2.26. The molecule has 1 aromatic heterocycles. The molecular formula is C16H17N3O. The van der Waals surface area contributed by atoms with E-state index in [1.807, 2.05) is 30.5 Å². The van der Waals surface area contributed by atoms with Crippen LogP contribution in [0.15, 0.2) is 59.9 Å². The van der Waals surface area contributed by atoms with Crippen LogP contribution in [0.25, 0.3) is 0 Å². The highest BCUT2D eigenvalue weighted by Crippen LogP contribution is 2.18. The number of aromatic nitrogens is 1. The van der Waals surface area contributed by atoms with Crippen molar-refractivity contribution in [2.24, 2.45) is 4.99 Å². The van der Waals surface area contributed by atoms with Crippen LogP contribution in [-0.2, 0) is 11.2 Å². The van der Waals surface area contributed by atoms with Gasteiger partial charge in [0, 0.05) is 12.4 Å². The molecule has 0 saturated heterocycles. The van der Waals surface area contributed by atoms with Crippen molar-refractivity contribution in [3.8, 4) is 0 Å². The zero-order chi connectivity index (χ0) is 13.6. The molecule has 1 N–H and O–H groups in total. The Morgan fingerprint density at radius 1 is 1.15 bits per heavy atom. The lowest BCUT2D eigenvalue weighted by Gasteiger charge is -2.19. The van der Waals surface area contributed by atoms with Crippen LogP contribution in [0.3, 0.4) is 0 Å². The Hall–Kier alpha value is -2.36. The fourth-order valence-electron chi connectivity index (χ4n) is 2.26. The van der Waals surface area contributed by atoms with Crippen molar-refractivity contribution in [2.75, 3.05) is 13.2 Å². The lowest BCUT2D eigenvalue weighted by Crippen LogP contribution is -2.30. The predicted molar refractivity (Wildman–Crippen MR) is 78.5 cm³/mol. The van der Waals surface area contributed by atoms with Crippen LogP contribution in [0.2, 0.25) is 0 Å². The number of benzene rings is 1. The molecule has 3 rings (SSSR count).